The summed E-state index contributed by atoms with van der Waals surface area (Å²) in [4.78, 5) is 15.8. The summed E-state index contributed by atoms with van der Waals surface area (Å²) in [5.41, 5.74) is 1.83. The molecule has 5 heteroatoms. The van der Waals surface area contributed by atoms with Crippen LogP contribution < -0.4 is 0 Å². The highest BCUT2D eigenvalue weighted by atomic mass is 79.9. The fourth-order valence-corrected chi connectivity index (χ4v) is 3.90. The highest BCUT2D eigenvalue weighted by Gasteiger charge is 2.23. The van der Waals surface area contributed by atoms with Gasteiger partial charge in [0, 0.05) is 22.4 Å². The van der Waals surface area contributed by atoms with Gasteiger partial charge in [-0.15, -0.1) is 11.3 Å². The first-order valence-corrected chi connectivity index (χ1v) is 8.00. The molecule has 2 aromatic rings. The van der Waals surface area contributed by atoms with E-state index in [0.29, 0.717) is 17.1 Å². The van der Waals surface area contributed by atoms with Crippen molar-refractivity contribution in [2.75, 3.05) is 6.54 Å². The number of hydrogen-bond acceptors (Lipinski definition) is 2. The zero-order valence-electron chi connectivity index (χ0n) is 10.0. The third-order valence-electron chi connectivity index (χ3n) is 3.26. The van der Waals surface area contributed by atoms with Crippen LogP contribution in [0.4, 0.5) is 0 Å². The zero-order chi connectivity index (χ0) is 13.4. The molecule has 1 amide bonds. The van der Waals surface area contributed by atoms with E-state index in [9.17, 15) is 4.79 Å². The Morgan fingerprint density at radius 2 is 2.21 bits per heavy atom. The Morgan fingerprint density at radius 1 is 1.37 bits per heavy atom. The van der Waals surface area contributed by atoms with E-state index in [1.807, 2.05) is 11.0 Å². The minimum Gasteiger partial charge on any atom is -0.334 e. The van der Waals surface area contributed by atoms with Crippen LogP contribution in [0, 0.1) is 0 Å². The average Bonchev–Trinajstić information content (AvgIpc) is 2.85. The van der Waals surface area contributed by atoms with Crippen molar-refractivity contribution < 1.29 is 4.79 Å². The SMILES string of the molecule is O=C(c1ccc(Br)cc1Cl)N1CCc2sccc2C1. The van der Waals surface area contributed by atoms with Gasteiger partial charge in [-0.1, -0.05) is 27.5 Å². The van der Waals surface area contributed by atoms with Crippen LogP contribution in [0.3, 0.4) is 0 Å². The van der Waals surface area contributed by atoms with Crippen molar-refractivity contribution in [1.82, 2.24) is 4.90 Å². The minimum atomic E-state index is 0.00866. The number of carbonyl (C=O) groups excluding carboxylic acids is 1. The molecule has 0 aliphatic carbocycles. The molecule has 1 aliphatic rings. The van der Waals surface area contributed by atoms with Crippen molar-refractivity contribution >= 4 is 44.8 Å². The van der Waals surface area contributed by atoms with Gasteiger partial charge in [-0.05, 0) is 41.6 Å². The Bertz CT molecular complexity index is 640. The van der Waals surface area contributed by atoms with Crippen LogP contribution in [-0.2, 0) is 13.0 Å². The number of thiophene rings is 1. The second kappa shape index (κ2) is 5.27. The molecule has 1 aromatic heterocycles. The summed E-state index contributed by atoms with van der Waals surface area (Å²) >= 11 is 11.3. The lowest BCUT2D eigenvalue weighted by molar-refractivity contribution is 0.0736. The number of benzene rings is 1. The summed E-state index contributed by atoms with van der Waals surface area (Å²) in [5, 5.41) is 2.58. The van der Waals surface area contributed by atoms with Crippen LogP contribution in [0.5, 0.6) is 0 Å². The molecule has 1 aliphatic heterocycles. The third kappa shape index (κ3) is 2.57. The molecule has 2 nitrogen and oxygen atoms in total. The molecule has 0 atom stereocenters. The number of hydrogen-bond donors (Lipinski definition) is 0. The number of carbonyl (C=O) groups is 1. The maximum Gasteiger partial charge on any atom is 0.255 e. The Labute approximate surface area is 129 Å². The van der Waals surface area contributed by atoms with Crippen LogP contribution in [0.25, 0.3) is 0 Å². The van der Waals surface area contributed by atoms with Gasteiger partial charge in [0.1, 0.15) is 0 Å². The Hall–Kier alpha value is -0.840. The molecule has 19 heavy (non-hydrogen) atoms. The van der Waals surface area contributed by atoms with Crippen LogP contribution in [0.1, 0.15) is 20.8 Å². The maximum atomic E-state index is 12.5. The number of rotatable bonds is 1. The largest absolute Gasteiger partial charge is 0.334 e. The second-order valence-electron chi connectivity index (χ2n) is 4.47. The predicted molar refractivity (Wildman–Crippen MR) is 81.9 cm³/mol. The van der Waals surface area contributed by atoms with Crippen LogP contribution in [-0.4, -0.2) is 17.4 Å². The van der Waals surface area contributed by atoms with E-state index in [0.717, 1.165) is 17.4 Å². The van der Waals surface area contributed by atoms with E-state index >= 15 is 0 Å². The quantitative estimate of drug-likeness (QED) is 0.743. The standard InChI is InChI=1S/C14H11BrClNOS/c15-10-1-2-11(12(16)7-10)14(18)17-5-3-13-9(8-17)4-6-19-13/h1-2,4,6-7H,3,5,8H2. The number of halogens is 2. The normalized spacial score (nSPS) is 14.3. The van der Waals surface area contributed by atoms with Crippen molar-refractivity contribution in [3.63, 3.8) is 0 Å². The molecule has 0 N–H and O–H groups in total. The van der Waals surface area contributed by atoms with E-state index in [1.165, 1.54) is 10.4 Å². The van der Waals surface area contributed by atoms with Gasteiger partial charge in [-0.3, -0.25) is 4.79 Å². The summed E-state index contributed by atoms with van der Waals surface area (Å²) < 4.78 is 0.882. The lowest BCUT2D eigenvalue weighted by Gasteiger charge is -2.27. The molecule has 0 saturated heterocycles. The van der Waals surface area contributed by atoms with Gasteiger partial charge in [0.25, 0.3) is 5.91 Å². The third-order valence-corrected chi connectivity index (χ3v) is 5.09. The molecule has 1 aromatic carbocycles. The molecule has 98 valence electrons. The summed E-state index contributed by atoms with van der Waals surface area (Å²) in [7, 11) is 0. The lowest BCUT2D eigenvalue weighted by Crippen LogP contribution is -2.35. The van der Waals surface area contributed by atoms with Crippen LogP contribution in [0.2, 0.25) is 5.02 Å². The molecule has 0 unspecified atom stereocenters. The lowest BCUT2D eigenvalue weighted by atomic mass is 10.1. The van der Waals surface area contributed by atoms with Gasteiger partial charge >= 0.3 is 0 Å². The number of nitrogens with zero attached hydrogens (tertiary/aromatic N) is 1. The van der Waals surface area contributed by atoms with E-state index < -0.39 is 0 Å². The van der Waals surface area contributed by atoms with E-state index in [-0.39, 0.29) is 5.91 Å². The summed E-state index contributed by atoms with van der Waals surface area (Å²) in [6.45, 7) is 1.45. The van der Waals surface area contributed by atoms with E-state index in [2.05, 4.69) is 27.4 Å². The molecule has 0 bridgehead atoms. The molecule has 0 spiro atoms. The highest BCUT2D eigenvalue weighted by Crippen LogP contribution is 2.27. The monoisotopic (exact) mass is 355 g/mol. The van der Waals surface area contributed by atoms with Crippen molar-refractivity contribution in [3.05, 3.63) is 55.1 Å². The van der Waals surface area contributed by atoms with E-state index in [1.54, 1.807) is 23.5 Å². The van der Waals surface area contributed by atoms with Crippen molar-refractivity contribution in [2.45, 2.75) is 13.0 Å². The topological polar surface area (TPSA) is 20.3 Å². The molecular weight excluding hydrogens is 346 g/mol. The predicted octanol–water partition coefficient (Wildman–Crippen LogP) is 4.36. The maximum absolute atomic E-state index is 12.5. The average molecular weight is 357 g/mol. The molecule has 0 fully saturated rings. The van der Waals surface area contributed by atoms with Gasteiger partial charge in [-0.25, -0.2) is 0 Å². The van der Waals surface area contributed by atoms with Crippen molar-refractivity contribution in [1.29, 1.82) is 0 Å². The minimum absolute atomic E-state index is 0.00866. The Kier molecular flexibility index (Phi) is 3.65. The van der Waals surface area contributed by atoms with Crippen molar-refractivity contribution in [2.24, 2.45) is 0 Å². The second-order valence-corrected chi connectivity index (χ2v) is 6.79. The first-order chi connectivity index (χ1) is 9.15. The van der Waals surface area contributed by atoms with Crippen LogP contribution in [0.15, 0.2) is 34.1 Å². The molecule has 0 saturated carbocycles. The molecule has 0 radical (unpaired) electrons. The first-order valence-electron chi connectivity index (χ1n) is 5.95. The zero-order valence-corrected chi connectivity index (χ0v) is 13.2. The highest BCUT2D eigenvalue weighted by molar-refractivity contribution is 9.10. The molecule has 2 heterocycles. The van der Waals surface area contributed by atoms with Gasteiger partial charge in [0.05, 0.1) is 10.6 Å². The Balaban J connectivity index is 1.85. The smallest absolute Gasteiger partial charge is 0.255 e. The van der Waals surface area contributed by atoms with Gasteiger partial charge < -0.3 is 4.90 Å². The summed E-state index contributed by atoms with van der Waals surface area (Å²) in [5.74, 6) is 0.00866. The van der Waals surface area contributed by atoms with Crippen LogP contribution >= 0.6 is 38.9 Å². The number of fused-ring (bicyclic) bond motifs is 1. The summed E-state index contributed by atoms with van der Waals surface area (Å²) in [6, 6.07) is 7.48. The fraction of sp³-hybridized carbons (Fsp3) is 0.214. The van der Waals surface area contributed by atoms with Gasteiger partial charge in [-0.2, -0.15) is 0 Å². The molecular formula is C14H11BrClNOS. The summed E-state index contributed by atoms with van der Waals surface area (Å²) in [6.07, 6.45) is 0.937. The van der Waals surface area contributed by atoms with Gasteiger partial charge in [0.15, 0.2) is 0 Å². The van der Waals surface area contributed by atoms with Crippen molar-refractivity contribution in [3.8, 4) is 0 Å². The molecule has 3 rings (SSSR count). The van der Waals surface area contributed by atoms with Gasteiger partial charge in [0.2, 0.25) is 0 Å². The van der Waals surface area contributed by atoms with E-state index in [4.69, 9.17) is 11.6 Å². The fourth-order valence-electron chi connectivity index (χ4n) is 2.26. The first kappa shape index (κ1) is 13.2. The number of amides is 1. The Morgan fingerprint density at radius 3 is 3.00 bits per heavy atom.